The lowest BCUT2D eigenvalue weighted by Gasteiger charge is -2.13. The van der Waals surface area contributed by atoms with Gasteiger partial charge in [0.2, 0.25) is 0 Å². The summed E-state index contributed by atoms with van der Waals surface area (Å²) in [7, 11) is 1.88. The molecule has 1 atom stereocenters. The van der Waals surface area contributed by atoms with Gasteiger partial charge in [0.25, 0.3) is 5.91 Å². The van der Waals surface area contributed by atoms with Gasteiger partial charge in [0.15, 0.2) is 5.65 Å². The number of hydrogen-bond acceptors (Lipinski definition) is 3. The van der Waals surface area contributed by atoms with Gasteiger partial charge in [0.1, 0.15) is 0 Å². The van der Waals surface area contributed by atoms with Gasteiger partial charge in [-0.05, 0) is 39.2 Å². The van der Waals surface area contributed by atoms with Gasteiger partial charge in [0, 0.05) is 24.7 Å². The van der Waals surface area contributed by atoms with Crippen molar-refractivity contribution in [3.05, 3.63) is 23.0 Å². The van der Waals surface area contributed by atoms with E-state index in [1.54, 1.807) is 4.68 Å². The van der Waals surface area contributed by atoms with Crippen LogP contribution in [0, 0.1) is 6.92 Å². The van der Waals surface area contributed by atoms with Crippen LogP contribution in [0.5, 0.6) is 0 Å². The lowest BCUT2D eigenvalue weighted by atomic mass is 10.1. The second-order valence-corrected chi connectivity index (χ2v) is 6.06. The van der Waals surface area contributed by atoms with E-state index < -0.39 is 0 Å². The molecule has 0 aliphatic heterocycles. The number of pyridine rings is 1. The Kier molecular flexibility index (Phi) is 3.43. The topological polar surface area (TPSA) is 59.8 Å². The van der Waals surface area contributed by atoms with Gasteiger partial charge in [0.05, 0.1) is 16.6 Å². The first-order valence-corrected chi connectivity index (χ1v) is 7.66. The minimum absolute atomic E-state index is 0.0187. The van der Waals surface area contributed by atoms with E-state index in [2.05, 4.69) is 17.3 Å². The van der Waals surface area contributed by atoms with Crippen LogP contribution >= 0.6 is 0 Å². The number of nitrogens with one attached hydrogen (secondary N) is 1. The molecule has 0 unspecified atom stereocenters. The number of aromatic nitrogens is 3. The van der Waals surface area contributed by atoms with Crippen LogP contribution in [0.1, 0.15) is 60.8 Å². The molecule has 0 spiro atoms. The number of aryl methyl sites for hydroxylation is 2. The Morgan fingerprint density at radius 3 is 2.86 bits per heavy atom. The van der Waals surface area contributed by atoms with E-state index in [0.29, 0.717) is 11.5 Å². The van der Waals surface area contributed by atoms with Crippen molar-refractivity contribution in [3.63, 3.8) is 0 Å². The Labute approximate surface area is 124 Å². The number of carbonyl (C=O) groups excluding carboxylic acids is 1. The molecule has 1 saturated carbocycles. The number of carbonyl (C=O) groups is 1. The summed E-state index contributed by atoms with van der Waals surface area (Å²) in [6.07, 6.45) is 3.25. The first-order valence-electron chi connectivity index (χ1n) is 7.66. The maximum absolute atomic E-state index is 12.6. The molecule has 1 fully saturated rings. The molecule has 1 amide bonds. The highest BCUT2D eigenvalue weighted by Crippen LogP contribution is 2.40. The second kappa shape index (κ2) is 5.13. The molecule has 0 saturated heterocycles. The molecule has 0 radical (unpaired) electrons. The van der Waals surface area contributed by atoms with E-state index >= 15 is 0 Å². The maximum atomic E-state index is 12.6. The van der Waals surface area contributed by atoms with Gasteiger partial charge in [-0.15, -0.1) is 0 Å². The minimum atomic E-state index is -0.0187. The molecule has 21 heavy (non-hydrogen) atoms. The Bertz CT molecular complexity index is 700. The van der Waals surface area contributed by atoms with Gasteiger partial charge in [-0.3, -0.25) is 9.48 Å². The van der Waals surface area contributed by atoms with Crippen LogP contribution in [0.3, 0.4) is 0 Å². The summed E-state index contributed by atoms with van der Waals surface area (Å²) in [6.45, 7) is 6.02. The van der Waals surface area contributed by atoms with E-state index in [0.717, 1.165) is 28.8 Å². The number of nitrogens with zero attached hydrogens (tertiary/aromatic N) is 3. The summed E-state index contributed by atoms with van der Waals surface area (Å²) in [5.41, 5.74) is 3.41. The van der Waals surface area contributed by atoms with Gasteiger partial charge < -0.3 is 5.32 Å². The molecule has 5 heteroatoms. The highest BCUT2D eigenvalue weighted by Gasteiger charge is 2.28. The smallest absolute Gasteiger partial charge is 0.252 e. The lowest BCUT2D eigenvalue weighted by Crippen LogP contribution is -2.32. The highest BCUT2D eigenvalue weighted by molar-refractivity contribution is 6.06. The Morgan fingerprint density at radius 1 is 1.52 bits per heavy atom. The average molecular weight is 286 g/mol. The SMILES string of the molecule is CC[C@H](C)NC(=O)c1cc(C2CC2)nc2c1c(C)nn2C. The monoisotopic (exact) mass is 286 g/mol. The van der Waals surface area contributed by atoms with Crippen molar-refractivity contribution in [1.82, 2.24) is 20.1 Å². The first kappa shape index (κ1) is 14.0. The molecule has 2 aromatic rings. The van der Waals surface area contributed by atoms with Crippen molar-refractivity contribution >= 4 is 16.9 Å². The molecule has 112 valence electrons. The van der Waals surface area contributed by atoms with Crippen LogP contribution in [-0.2, 0) is 7.05 Å². The predicted molar refractivity (Wildman–Crippen MR) is 82.4 cm³/mol. The van der Waals surface area contributed by atoms with Gasteiger partial charge in [-0.25, -0.2) is 4.98 Å². The van der Waals surface area contributed by atoms with E-state index in [9.17, 15) is 4.79 Å². The standard InChI is InChI=1S/C16H22N4O/c1-5-9(2)17-16(21)12-8-13(11-6-7-11)18-15-14(12)10(3)19-20(15)4/h8-9,11H,5-7H2,1-4H3,(H,17,21)/t9-/m0/s1. The summed E-state index contributed by atoms with van der Waals surface area (Å²) >= 11 is 0. The number of rotatable bonds is 4. The Balaban J connectivity index is 2.12. The molecular formula is C16H22N4O. The van der Waals surface area contributed by atoms with Crippen molar-refractivity contribution in [2.75, 3.05) is 0 Å². The number of amides is 1. The molecule has 5 nitrogen and oxygen atoms in total. The van der Waals surface area contributed by atoms with Crippen molar-refractivity contribution in [1.29, 1.82) is 0 Å². The van der Waals surface area contributed by atoms with Crippen molar-refractivity contribution in [2.45, 2.75) is 52.0 Å². The zero-order valence-corrected chi connectivity index (χ0v) is 13.1. The van der Waals surface area contributed by atoms with Gasteiger partial charge >= 0.3 is 0 Å². The normalized spacial score (nSPS) is 16.2. The van der Waals surface area contributed by atoms with Crippen LogP contribution in [0.15, 0.2) is 6.07 Å². The van der Waals surface area contributed by atoms with Crippen LogP contribution in [0.25, 0.3) is 11.0 Å². The second-order valence-electron chi connectivity index (χ2n) is 6.06. The fraction of sp³-hybridized carbons (Fsp3) is 0.562. The van der Waals surface area contributed by atoms with Crippen LogP contribution in [-0.4, -0.2) is 26.7 Å². The maximum Gasteiger partial charge on any atom is 0.252 e. The highest BCUT2D eigenvalue weighted by atomic mass is 16.1. The van der Waals surface area contributed by atoms with Crippen LogP contribution in [0.2, 0.25) is 0 Å². The first-order chi connectivity index (χ1) is 10.0. The van der Waals surface area contributed by atoms with Crippen molar-refractivity contribution in [3.8, 4) is 0 Å². The summed E-state index contributed by atoms with van der Waals surface area (Å²) in [5, 5.41) is 8.36. The van der Waals surface area contributed by atoms with E-state index in [4.69, 9.17) is 4.98 Å². The number of fused-ring (bicyclic) bond motifs is 1. The molecule has 1 aliphatic carbocycles. The Hall–Kier alpha value is -1.91. The molecule has 2 heterocycles. The molecule has 2 aromatic heterocycles. The average Bonchev–Trinajstić information content (AvgIpc) is 3.26. The molecule has 1 N–H and O–H groups in total. The van der Waals surface area contributed by atoms with Crippen molar-refractivity contribution in [2.24, 2.45) is 7.05 Å². The summed E-state index contributed by atoms with van der Waals surface area (Å²) in [6, 6.07) is 2.13. The molecule has 3 rings (SSSR count). The van der Waals surface area contributed by atoms with Gasteiger partial charge in [-0.1, -0.05) is 6.92 Å². The van der Waals surface area contributed by atoms with Crippen LogP contribution in [0.4, 0.5) is 0 Å². The quantitative estimate of drug-likeness (QED) is 0.940. The third-order valence-corrected chi connectivity index (χ3v) is 4.22. The van der Waals surface area contributed by atoms with Gasteiger partial charge in [-0.2, -0.15) is 5.10 Å². The van der Waals surface area contributed by atoms with E-state index in [1.807, 2.05) is 27.0 Å². The lowest BCUT2D eigenvalue weighted by molar-refractivity contribution is 0.0940. The molecule has 0 aromatic carbocycles. The zero-order valence-electron chi connectivity index (χ0n) is 13.1. The molecule has 1 aliphatic rings. The largest absolute Gasteiger partial charge is 0.350 e. The fourth-order valence-corrected chi connectivity index (χ4v) is 2.64. The molecular weight excluding hydrogens is 264 g/mol. The summed E-state index contributed by atoms with van der Waals surface area (Å²) < 4.78 is 1.77. The molecule has 0 bridgehead atoms. The van der Waals surface area contributed by atoms with E-state index in [-0.39, 0.29) is 11.9 Å². The fourth-order valence-electron chi connectivity index (χ4n) is 2.64. The van der Waals surface area contributed by atoms with Crippen LogP contribution < -0.4 is 5.32 Å². The predicted octanol–water partition coefficient (Wildman–Crippen LogP) is 2.68. The van der Waals surface area contributed by atoms with Crippen molar-refractivity contribution < 1.29 is 4.79 Å². The third kappa shape index (κ3) is 2.52. The zero-order chi connectivity index (χ0) is 15.1. The Morgan fingerprint density at radius 2 is 2.24 bits per heavy atom. The van der Waals surface area contributed by atoms with E-state index in [1.165, 1.54) is 12.8 Å². The summed E-state index contributed by atoms with van der Waals surface area (Å²) in [5.74, 6) is 0.495. The minimum Gasteiger partial charge on any atom is -0.350 e. The summed E-state index contributed by atoms with van der Waals surface area (Å²) in [4.78, 5) is 17.3. The third-order valence-electron chi connectivity index (χ3n) is 4.22. The number of hydrogen-bond donors (Lipinski definition) is 1.